The average Bonchev–Trinajstić information content (AvgIpc) is 1.97. The van der Waals surface area contributed by atoms with Gasteiger partial charge in [-0.05, 0) is 18.6 Å². The maximum atomic E-state index is 12.0. The van der Waals surface area contributed by atoms with Crippen molar-refractivity contribution in [3.05, 3.63) is 24.3 Å². The van der Waals surface area contributed by atoms with Crippen LogP contribution in [0.15, 0.2) is 29.3 Å². The van der Waals surface area contributed by atoms with Gasteiger partial charge in [-0.1, -0.05) is 12.7 Å². The van der Waals surface area contributed by atoms with Gasteiger partial charge in [0.15, 0.2) is 0 Å². The molecule has 0 heterocycles. The smallest absolute Gasteiger partial charge is 0.284 e. The minimum absolute atomic E-state index is 0.438. The first-order valence-electron chi connectivity index (χ1n) is 3.26. The molecule has 0 aromatic carbocycles. The second-order valence-electron chi connectivity index (χ2n) is 2.20. The maximum Gasteiger partial charge on any atom is 0.432 e. The molecule has 0 fully saturated rings. The number of hydrogen-bond acceptors (Lipinski definition) is 1. The number of allylic oxidation sites excluding steroid dienone is 3. The van der Waals surface area contributed by atoms with E-state index in [9.17, 15) is 13.2 Å². The Morgan fingerprint density at radius 2 is 1.92 bits per heavy atom. The van der Waals surface area contributed by atoms with Crippen LogP contribution in [0.5, 0.6) is 0 Å². The molecule has 0 aliphatic carbocycles. The third kappa shape index (κ3) is 3.37. The van der Waals surface area contributed by atoms with Gasteiger partial charge in [-0.3, -0.25) is 4.99 Å². The molecule has 0 rings (SSSR count). The molecule has 0 amide bonds. The van der Waals surface area contributed by atoms with E-state index >= 15 is 0 Å². The van der Waals surface area contributed by atoms with Gasteiger partial charge in [-0.25, -0.2) is 0 Å². The van der Waals surface area contributed by atoms with Gasteiger partial charge in [0.25, 0.3) is 0 Å². The average molecular weight is 177 g/mol. The van der Waals surface area contributed by atoms with Gasteiger partial charge in [0, 0.05) is 7.05 Å². The summed E-state index contributed by atoms with van der Waals surface area (Å²) in [4.78, 5) is 3.11. The minimum atomic E-state index is -4.38. The summed E-state index contributed by atoms with van der Waals surface area (Å²) in [7, 11) is 1.11. The molecule has 0 aliphatic heterocycles. The molecular weight excluding hydrogens is 167 g/mol. The summed E-state index contributed by atoms with van der Waals surface area (Å²) < 4.78 is 36.0. The highest BCUT2D eigenvalue weighted by Crippen LogP contribution is 2.18. The van der Waals surface area contributed by atoms with Crippen molar-refractivity contribution >= 4 is 5.71 Å². The number of rotatable bonds is 2. The van der Waals surface area contributed by atoms with Crippen LogP contribution in [0.2, 0.25) is 0 Å². The van der Waals surface area contributed by atoms with Crippen LogP contribution >= 0.6 is 0 Å². The van der Waals surface area contributed by atoms with Crippen molar-refractivity contribution in [1.29, 1.82) is 0 Å². The quantitative estimate of drug-likeness (QED) is 0.454. The van der Waals surface area contributed by atoms with Crippen LogP contribution in [-0.4, -0.2) is 18.9 Å². The largest absolute Gasteiger partial charge is 0.432 e. The Kier molecular flexibility index (Phi) is 3.73. The lowest BCUT2D eigenvalue weighted by Gasteiger charge is -2.05. The van der Waals surface area contributed by atoms with Gasteiger partial charge < -0.3 is 0 Å². The number of alkyl halides is 3. The Hall–Kier alpha value is -1.06. The zero-order valence-electron chi connectivity index (χ0n) is 6.94. The summed E-state index contributed by atoms with van der Waals surface area (Å²) in [5.41, 5.74) is -0.451. The van der Waals surface area contributed by atoms with Crippen molar-refractivity contribution in [3.63, 3.8) is 0 Å². The Bertz CT molecular complexity index is 223. The first-order valence-corrected chi connectivity index (χ1v) is 3.26. The maximum absolute atomic E-state index is 12.0. The first-order chi connectivity index (χ1) is 5.41. The summed E-state index contributed by atoms with van der Waals surface area (Å²) in [6.07, 6.45) is -2.08. The lowest BCUT2D eigenvalue weighted by Crippen LogP contribution is -2.20. The SMILES string of the molecule is C=C/C(C)=C\C(=NC)C(F)(F)F. The predicted octanol–water partition coefficient (Wildman–Crippen LogP) is 2.75. The van der Waals surface area contributed by atoms with E-state index in [0.29, 0.717) is 5.57 Å². The first kappa shape index (κ1) is 10.9. The summed E-state index contributed by atoms with van der Waals surface area (Å²) in [6.45, 7) is 4.87. The van der Waals surface area contributed by atoms with Crippen LogP contribution in [0, 0.1) is 0 Å². The number of hydrogen-bond donors (Lipinski definition) is 0. The topological polar surface area (TPSA) is 12.4 Å². The normalized spacial score (nSPS) is 14.8. The molecule has 0 spiro atoms. The summed E-state index contributed by atoms with van der Waals surface area (Å²) >= 11 is 0. The molecule has 0 saturated heterocycles. The lowest BCUT2D eigenvalue weighted by molar-refractivity contribution is -0.0577. The third-order valence-electron chi connectivity index (χ3n) is 1.22. The lowest BCUT2D eigenvalue weighted by atomic mass is 10.2. The molecule has 0 saturated carbocycles. The third-order valence-corrected chi connectivity index (χ3v) is 1.22. The Balaban J connectivity index is 4.74. The molecule has 12 heavy (non-hydrogen) atoms. The zero-order valence-corrected chi connectivity index (χ0v) is 6.94. The van der Waals surface area contributed by atoms with Gasteiger partial charge in [-0.2, -0.15) is 13.2 Å². The Labute approximate surface area is 69.3 Å². The minimum Gasteiger partial charge on any atom is -0.284 e. The van der Waals surface area contributed by atoms with Gasteiger partial charge in [0.05, 0.1) is 0 Å². The fourth-order valence-electron chi connectivity index (χ4n) is 0.548. The van der Waals surface area contributed by atoms with Crippen molar-refractivity contribution < 1.29 is 13.2 Å². The summed E-state index contributed by atoms with van der Waals surface area (Å²) in [5.74, 6) is 0. The molecule has 0 N–H and O–H groups in total. The highest BCUT2D eigenvalue weighted by Gasteiger charge is 2.33. The highest BCUT2D eigenvalue weighted by molar-refractivity contribution is 6.00. The van der Waals surface area contributed by atoms with Crippen LogP contribution in [0.4, 0.5) is 13.2 Å². The van der Waals surface area contributed by atoms with Crippen LogP contribution in [0.25, 0.3) is 0 Å². The zero-order chi connectivity index (χ0) is 9.78. The van der Waals surface area contributed by atoms with Crippen LogP contribution in [0.3, 0.4) is 0 Å². The van der Waals surface area contributed by atoms with Crippen molar-refractivity contribution in [2.24, 2.45) is 4.99 Å². The molecule has 0 atom stereocenters. The fraction of sp³-hybridized carbons (Fsp3) is 0.375. The highest BCUT2D eigenvalue weighted by atomic mass is 19.4. The second-order valence-corrected chi connectivity index (χ2v) is 2.20. The van der Waals surface area contributed by atoms with Crippen LogP contribution in [0.1, 0.15) is 6.92 Å². The molecule has 0 unspecified atom stereocenters. The van der Waals surface area contributed by atoms with E-state index in [-0.39, 0.29) is 0 Å². The van der Waals surface area contributed by atoms with E-state index in [1.807, 2.05) is 0 Å². The Morgan fingerprint density at radius 3 is 2.17 bits per heavy atom. The van der Waals surface area contributed by atoms with Crippen molar-refractivity contribution in [3.8, 4) is 0 Å². The van der Waals surface area contributed by atoms with E-state index in [0.717, 1.165) is 13.1 Å². The number of aliphatic imine (C=N–C) groups is 1. The van der Waals surface area contributed by atoms with Crippen LogP contribution in [-0.2, 0) is 0 Å². The van der Waals surface area contributed by atoms with E-state index < -0.39 is 11.9 Å². The summed E-state index contributed by atoms with van der Waals surface area (Å²) in [5, 5.41) is 0. The molecule has 0 radical (unpaired) electrons. The second kappa shape index (κ2) is 4.09. The van der Waals surface area contributed by atoms with E-state index in [2.05, 4.69) is 11.6 Å². The van der Waals surface area contributed by atoms with E-state index in [1.54, 1.807) is 0 Å². The molecular formula is C8H10F3N. The van der Waals surface area contributed by atoms with Crippen molar-refractivity contribution in [2.45, 2.75) is 13.1 Å². The monoisotopic (exact) mass is 177 g/mol. The molecule has 0 bridgehead atoms. The molecule has 0 aromatic rings. The van der Waals surface area contributed by atoms with Gasteiger partial charge >= 0.3 is 6.18 Å². The van der Waals surface area contributed by atoms with Gasteiger partial charge in [0.2, 0.25) is 0 Å². The van der Waals surface area contributed by atoms with Crippen molar-refractivity contribution in [2.75, 3.05) is 7.05 Å². The Morgan fingerprint density at radius 1 is 1.42 bits per heavy atom. The molecule has 0 aliphatic rings. The molecule has 0 aromatic heterocycles. The molecule has 4 heteroatoms. The van der Waals surface area contributed by atoms with E-state index in [4.69, 9.17) is 0 Å². The molecule has 1 nitrogen and oxygen atoms in total. The fourth-order valence-corrected chi connectivity index (χ4v) is 0.548. The van der Waals surface area contributed by atoms with E-state index in [1.165, 1.54) is 13.0 Å². The predicted molar refractivity (Wildman–Crippen MR) is 43.4 cm³/mol. The van der Waals surface area contributed by atoms with Crippen molar-refractivity contribution in [1.82, 2.24) is 0 Å². The van der Waals surface area contributed by atoms with Crippen LogP contribution < -0.4 is 0 Å². The standard InChI is InChI=1S/C8H10F3N/c1-4-6(2)5-7(12-3)8(9,10)11/h4-5H,1H2,2-3H3/b6-5-,12-7?. The van der Waals surface area contributed by atoms with Gasteiger partial charge in [0.1, 0.15) is 5.71 Å². The van der Waals surface area contributed by atoms with Gasteiger partial charge in [-0.15, -0.1) is 0 Å². The number of halogens is 3. The molecule has 68 valence electrons. The summed E-state index contributed by atoms with van der Waals surface area (Å²) in [6, 6.07) is 0. The number of nitrogens with zero attached hydrogens (tertiary/aromatic N) is 1.